The number of rotatable bonds is 7. The molecule has 178 valence electrons. The fourth-order valence-electron chi connectivity index (χ4n) is 2.70. The molecule has 0 saturated carbocycles. The summed E-state index contributed by atoms with van der Waals surface area (Å²) in [5.74, 6) is -2.58. The topological polar surface area (TPSA) is 105 Å². The van der Waals surface area contributed by atoms with E-state index in [0.29, 0.717) is 6.07 Å². The average Bonchev–Trinajstić information content (AvgIpc) is 2.70. The molecule has 3 N–H and O–H groups in total. The molecule has 0 radical (unpaired) electrons. The molecule has 2 atom stereocenters. The van der Waals surface area contributed by atoms with E-state index in [0.717, 1.165) is 12.1 Å². The van der Waals surface area contributed by atoms with Crippen molar-refractivity contribution < 1.29 is 40.7 Å². The van der Waals surface area contributed by atoms with Crippen LogP contribution in [0.2, 0.25) is 0 Å². The van der Waals surface area contributed by atoms with Crippen LogP contribution in [0.25, 0.3) is 0 Å². The van der Waals surface area contributed by atoms with Gasteiger partial charge in [0.05, 0.1) is 11.6 Å². The molecule has 13 heteroatoms. The van der Waals surface area contributed by atoms with Gasteiger partial charge in [0, 0.05) is 16.4 Å². The first-order valence-electron chi connectivity index (χ1n) is 9.14. The van der Waals surface area contributed by atoms with Crippen molar-refractivity contribution in [3.63, 3.8) is 0 Å². The van der Waals surface area contributed by atoms with Crippen LogP contribution in [-0.4, -0.2) is 34.7 Å². The van der Waals surface area contributed by atoms with Crippen molar-refractivity contribution >= 4 is 23.6 Å². The molecule has 1 aliphatic rings. The van der Waals surface area contributed by atoms with Crippen molar-refractivity contribution in [3.05, 3.63) is 53.1 Å². The fraction of sp³-hybridized carbons (Fsp3) is 0.350. The van der Waals surface area contributed by atoms with Crippen LogP contribution in [0, 0.1) is 11.3 Å². The van der Waals surface area contributed by atoms with Gasteiger partial charge in [-0.25, -0.2) is 0 Å². The normalized spacial score (nSPS) is 18.0. The van der Waals surface area contributed by atoms with Crippen molar-refractivity contribution in [3.8, 4) is 11.8 Å². The van der Waals surface area contributed by atoms with Crippen LogP contribution in [0.15, 0.2) is 42.0 Å². The number of alkyl halides is 6. The van der Waals surface area contributed by atoms with Crippen molar-refractivity contribution in [2.75, 3.05) is 6.61 Å². The van der Waals surface area contributed by atoms with E-state index in [1.54, 1.807) is 6.07 Å². The third-order valence-corrected chi connectivity index (χ3v) is 5.25. The first kappa shape index (κ1) is 26.1. The molecule has 0 bridgehead atoms. The quantitative estimate of drug-likeness (QED) is 0.557. The van der Waals surface area contributed by atoms with Gasteiger partial charge in [0.15, 0.2) is 5.54 Å². The Hall–Kier alpha value is -3.14. The Labute approximate surface area is 188 Å². The molecule has 0 heterocycles. The smallest absolute Gasteiger partial charge is 0.442 e. The number of nitrogens with one attached hydrogen (secondary N) is 1. The van der Waals surface area contributed by atoms with Gasteiger partial charge in [-0.05, 0) is 43.3 Å². The minimum Gasteiger partial charge on any atom is -0.489 e. The molecule has 0 spiro atoms. The molecule has 1 unspecified atom stereocenters. The molecule has 1 aromatic carbocycles. The number of hydrogen-bond acceptors (Lipinski definition) is 5. The van der Waals surface area contributed by atoms with E-state index in [4.69, 9.17) is 10.5 Å². The predicted octanol–water partition coefficient (Wildman–Crippen LogP) is 4.09. The molecule has 2 rings (SSSR count). The number of carbonyl (C=O) groups excluding carboxylic acids is 2. The summed E-state index contributed by atoms with van der Waals surface area (Å²) in [7, 11) is 0. The minimum atomic E-state index is -4.89. The highest BCUT2D eigenvalue weighted by Gasteiger charge is 2.37. The molecular weight excluding hydrogens is 476 g/mol. The lowest BCUT2D eigenvalue weighted by Gasteiger charge is -2.25. The standard InChI is InChI=1S/C20H17F6N3O3S/c1-18(9-27,29-17(31)11-2-5-13(6-3-11)33-20(24,25)26)10-32-15-7-4-12(16(28)30)8-14(15)19(21,22)23/h2-5,7-8,13H,6,10H2,1H3,(H2,28,30)(H,29,31)/t13-,18?/m1/s1. The van der Waals surface area contributed by atoms with Crippen molar-refractivity contribution in [2.45, 2.75) is 35.8 Å². The number of nitrogens with zero attached hydrogens (tertiary/aromatic N) is 1. The Bertz CT molecular complexity index is 1030. The van der Waals surface area contributed by atoms with E-state index in [2.05, 4.69) is 5.32 Å². The summed E-state index contributed by atoms with van der Waals surface area (Å²) in [6, 6.07) is 4.12. The van der Waals surface area contributed by atoms with Gasteiger partial charge in [-0.1, -0.05) is 18.2 Å². The molecule has 0 aliphatic heterocycles. The van der Waals surface area contributed by atoms with Crippen molar-refractivity contribution in [2.24, 2.45) is 5.73 Å². The highest BCUT2D eigenvalue weighted by atomic mass is 32.2. The Morgan fingerprint density at radius 3 is 2.42 bits per heavy atom. The maximum atomic E-state index is 13.3. The van der Waals surface area contributed by atoms with Crippen LogP contribution in [0.5, 0.6) is 5.75 Å². The van der Waals surface area contributed by atoms with Gasteiger partial charge in [-0.15, -0.1) is 0 Å². The van der Waals surface area contributed by atoms with Crippen LogP contribution in [0.1, 0.15) is 29.3 Å². The molecular formula is C20H17F6N3O3S. The summed E-state index contributed by atoms with van der Waals surface area (Å²) in [5.41, 5.74) is -2.92. The molecule has 1 aromatic rings. The van der Waals surface area contributed by atoms with E-state index in [9.17, 15) is 41.2 Å². The van der Waals surface area contributed by atoms with Gasteiger partial charge in [-0.3, -0.25) is 9.59 Å². The van der Waals surface area contributed by atoms with E-state index < -0.39 is 57.8 Å². The third kappa shape index (κ3) is 7.45. The van der Waals surface area contributed by atoms with Gasteiger partial charge >= 0.3 is 11.7 Å². The summed E-state index contributed by atoms with van der Waals surface area (Å²) in [5, 5.41) is 10.8. The first-order chi connectivity index (χ1) is 15.1. The molecule has 1 aliphatic carbocycles. The van der Waals surface area contributed by atoms with Crippen LogP contribution < -0.4 is 15.8 Å². The van der Waals surface area contributed by atoms with Crippen LogP contribution in [0.4, 0.5) is 26.3 Å². The minimum absolute atomic E-state index is 0.00251. The van der Waals surface area contributed by atoms with Crippen molar-refractivity contribution in [1.29, 1.82) is 5.26 Å². The second kappa shape index (κ2) is 9.78. The number of primary amides is 1. The summed E-state index contributed by atoms with van der Waals surface area (Å²) >= 11 is -0.235. The lowest BCUT2D eigenvalue weighted by Crippen LogP contribution is -2.49. The number of amides is 2. The number of nitrogens with two attached hydrogens (primary N) is 1. The van der Waals surface area contributed by atoms with E-state index in [1.165, 1.54) is 25.2 Å². The Balaban J connectivity index is 2.10. The third-order valence-electron chi connectivity index (χ3n) is 4.33. The monoisotopic (exact) mass is 493 g/mol. The number of nitriles is 1. The van der Waals surface area contributed by atoms with Gasteiger partial charge in [-0.2, -0.15) is 31.6 Å². The van der Waals surface area contributed by atoms with E-state index in [1.807, 2.05) is 0 Å². The molecule has 0 fully saturated rings. The SMILES string of the molecule is CC(C#N)(COc1ccc(C(N)=O)cc1C(F)(F)F)NC(=O)C1=CC[C@H](SC(F)(F)F)C=C1. The van der Waals surface area contributed by atoms with Gasteiger partial charge in [0.2, 0.25) is 5.91 Å². The first-order valence-corrected chi connectivity index (χ1v) is 10.0. The number of halogens is 6. The van der Waals surface area contributed by atoms with E-state index in [-0.39, 0.29) is 23.8 Å². The molecule has 33 heavy (non-hydrogen) atoms. The zero-order valence-electron chi connectivity index (χ0n) is 16.9. The number of carbonyl (C=O) groups is 2. The summed E-state index contributed by atoms with van der Waals surface area (Å²) in [4.78, 5) is 23.6. The Morgan fingerprint density at radius 2 is 1.94 bits per heavy atom. The number of allylic oxidation sites excluding steroid dienone is 1. The Morgan fingerprint density at radius 1 is 1.27 bits per heavy atom. The van der Waals surface area contributed by atoms with Crippen LogP contribution >= 0.6 is 11.8 Å². The lowest BCUT2D eigenvalue weighted by atomic mass is 10.0. The molecule has 0 aromatic heterocycles. The number of benzene rings is 1. The second-order valence-corrected chi connectivity index (χ2v) is 8.42. The highest BCUT2D eigenvalue weighted by Crippen LogP contribution is 2.38. The second-order valence-electron chi connectivity index (χ2n) is 7.12. The molecule has 2 amide bonds. The maximum absolute atomic E-state index is 13.3. The Kier molecular flexibility index (Phi) is 7.74. The van der Waals surface area contributed by atoms with Crippen LogP contribution in [0.3, 0.4) is 0 Å². The predicted molar refractivity (Wildman–Crippen MR) is 107 cm³/mol. The van der Waals surface area contributed by atoms with Gasteiger partial charge in [0.1, 0.15) is 12.4 Å². The number of thioether (sulfide) groups is 1. The van der Waals surface area contributed by atoms with Gasteiger partial charge in [0.25, 0.3) is 5.91 Å². The average molecular weight is 493 g/mol. The highest BCUT2D eigenvalue weighted by molar-refractivity contribution is 8.00. The summed E-state index contributed by atoms with van der Waals surface area (Å²) in [6.07, 6.45) is -1.34. The maximum Gasteiger partial charge on any atom is 0.442 e. The largest absolute Gasteiger partial charge is 0.489 e. The number of hydrogen-bond donors (Lipinski definition) is 2. The molecule has 0 saturated heterocycles. The zero-order chi connectivity index (χ0) is 25.0. The summed E-state index contributed by atoms with van der Waals surface area (Å²) in [6.45, 7) is 0.503. The van der Waals surface area contributed by atoms with Crippen molar-refractivity contribution in [1.82, 2.24) is 5.32 Å². The van der Waals surface area contributed by atoms with Crippen LogP contribution in [-0.2, 0) is 11.0 Å². The fourth-order valence-corrected chi connectivity index (χ4v) is 3.39. The summed E-state index contributed by atoms with van der Waals surface area (Å²) < 4.78 is 82.4. The van der Waals surface area contributed by atoms with Gasteiger partial charge < -0.3 is 15.8 Å². The van der Waals surface area contributed by atoms with E-state index >= 15 is 0 Å². The number of ether oxygens (including phenoxy) is 1. The molecule has 6 nitrogen and oxygen atoms in total. The zero-order valence-corrected chi connectivity index (χ0v) is 17.7. The lowest BCUT2D eigenvalue weighted by molar-refractivity contribution is -0.139.